The first-order valence-corrected chi connectivity index (χ1v) is 10.4. The Morgan fingerprint density at radius 3 is 1.36 bits per heavy atom. The fourth-order valence-electron chi connectivity index (χ4n) is 2.57. The van der Waals surface area contributed by atoms with Gasteiger partial charge in [0.2, 0.25) is 0 Å². The zero-order chi connectivity index (χ0) is 19.2. The van der Waals surface area contributed by atoms with Gasteiger partial charge in [0.1, 0.15) is 0 Å². The van der Waals surface area contributed by atoms with Crippen molar-refractivity contribution in [3.63, 3.8) is 0 Å². The van der Waals surface area contributed by atoms with Crippen molar-refractivity contribution >= 4 is 0 Å². The molecule has 25 heavy (non-hydrogen) atoms. The Hall–Kier alpha value is -0.820. The van der Waals surface area contributed by atoms with Crippen LogP contribution in [-0.2, 0) is 17.6 Å². The van der Waals surface area contributed by atoms with Gasteiger partial charge in [0.05, 0.1) is 0 Å². The average molecular weight is 349 g/mol. The van der Waals surface area contributed by atoms with Crippen LogP contribution in [-0.4, -0.2) is 13.2 Å². The maximum absolute atomic E-state index is 5.46. The molecular weight excluding hydrogens is 304 g/mol. The summed E-state index contributed by atoms with van der Waals surface area (Å²) in [4.78, 5) is 0. The molecule has 0 spiro atoms. The van der Waals surface area contributed by atoms with Crippen LogP contribution >= 0.6 is 0 Å². The standard InChI is InChI=1S/C14H22.C10H22O/c1-11(2)8-13-6-5-7-14(10-13)9-12(3)4;1-9(2)5-7-11-8-6-10(3)4/h5-7,10-12H,8-9H2,1-4H3;9-10H,5-8H2,1-4H3. The van der Waals surface area contributed by atoms with Crippen molar-refractivity contribution in [1.29, 1.82) is 0 Å². The Morgan fingerprint density at radius 2 is 1.04 bits per heavy atom. The molecule has 1 heteroatoms. The van der Waals surface area contributed by atoms with Gasteiger partial charge in [0.15, 0.2) is 0 Å². The van der Waals surface area contributed by atoms with Crippen LogP contribution < -0.4 is 0 Å². The van der Waals surface area contributed by atoms with E-state index in [-0.39, 0.29) is 0 Å². The summed E-state index contributed by atoms with van der Waals surface area (Å²) in [5.41, 5.74) is 2.97. The first-order chi connectivity index (χ1) is 11.7. The predicted octanol–water partition coefficient (Wildman–Crippen LogP) is 7.18. The summed E-state index contributed by atoms with van der Waals surface area (Å²) in [6, 6.07) is 9.03. The highest BCUT2D eigenvalue weighted by atomic mass is 16.5. The Bertz CT molecular complexity index is 383. The van der Waals surface area contributed by atoms with E-state index in [1.807, 2.05) is 0 Å². The van der Waals surface area contributed by atoms with Crippen molar-refractivity contribution in [2.24, 2.45) is 23.7 Å². The van der Waals surface area contributed by atoms with E-state index in [9.17, 15) is 0 Å². The fourth-order valence-corrected chi connectivity index (χ4v) is 2.57. The van der Waals surface area contributed by atoms with E-state index in [0.717, 1.165) is 36.9 Å². The van der Waals surface area contributed by atoms with E-state index in [1.54, 1.807) is 0 Å². The van der Waals surface area contributed by atoms with Gasteiger partial charge in [-0.1, -0.05) is 79.7 Å². The second-order valence-corrected chi connectivity index (χ2v) is 8.99. The minimum Gasteiger partial charge on any atom is -0.381 e. The first kappa shape index (κ1) is 24.2. The lowest BCUT2D eigenvalue weighted by Gasteiger charge is -2.09. The van der Waals surface area contributed by atoms with Crippen LogP contribution in [0, 0.1) is 23.7 Å². The van der Waals surface area contributed by atoms with Crippen molar-refractivity contribution < 1.29 is 4.74 Å². The molecule has 1 nitrogen and oxygen atoms in total. The van der Waals surface area contributed by atoms with Crippen LogP contribution in [0.15, 0.2) is 24.3 Å². The molecule has 1 aromatic rings. The normalized spacial score (nSPS) is 11.4. The molecule has 0 aliphatic rings. The third kappa shape index (κ3) is 16.4. The molecule has 0 bridgehead atoms. The van der Waals surface area contributed by atoms with Gasteiger partial charge in [0.25, 0.3) is 0 Å². The van der Waals surface area contributed by atoms with Gasteiger partial charge in [-0.25, -0.2) is 0 Å². The monoisotopic (exact) mass is 348 g/mol. The van der Waals surface area contributed by atoms with Crippen LogP contribution in [0.4, 0.5) is 0 Å². The third-order valence-corrected chi connectivity index (χ3v) is 3.96. The van der Waals surface area contributed by atoms with Crippen molar-refractivity contribution in [3.05, 3.63) is 35.4 Å². The predicted molar refractivity (Wildman–Crippen MR) is 113 cm³/mol. The summed E-state index contributed by atoms with van der Waals surface area (Å²) < 4.78 is 5.46. The molecular formula is C24H44O. The summed E-state index contributed by atoms with van der Waals surface area (Å²) in [5.74, 6) is 3.05. The smallest absolute Gasteiger partial charge is 0.0468 e. The van der Waals surface area contributed by atoms with Crippen LogP contribution in [0.1, 0.15) is 79.4 Å². The van der Waals surface area contributed by atoms with Gasteiger partial charge in [-0.2, -0.15) is 0 Å². The average Bonchev–Trinajstić information content (AvgIpc) is 2.45. The Labute approximate surface area is 158 Å². The van der Waals surface area contributed by atoms with Crippen molar-refractivity contribution in [3.8, 4) is 0 Å². The molecule has 0 aliphatic heterocycles. The van der Waals surface area contributed by atoms with E-state index in [0.29, 0.717) is 0 Å². The molecule has 0 saturated heterocycles. The van der Waals surface area contributed by atoms with Gasteiger partial charge in [-0.15, -0.1) is 0 Å². The van der Waals surface area contributed by atoms with E-state index >= 15 is 0 Å². The van der Waals surface area contributed by atoms with E-state index < -0.39 is 0 Å². The zero-order valence-corrected chi connectivity index (χ0v) is 18.3. The topological polar surface area (TPSA) is 9.23 Å². The van der Waals surface area contributed by atoms with E-state index in [4.69, 9.17) is 4.74 Å². The second-order valence-electron chi connectivity index (χ2n) is 8.99. The Kier molecular flexibility index (Phi) is 13.9. The summed E-state index contributed by atoms with van der Waals surface area (Å²) in [6.07, 6.45) is 4.79. The quantitative estimate of drug-likeness (QED) is 0.407. The van der Waals surface area contributed by atoms with Crippen LogP contribution in [0.25, 0.3) is 0 Å². The van der Waals surface area contributed by atoms with Crippen molar-refractivity contribution in [2.75, 3.05) is 13.2 Å². The van der Waals surface area contributed by atoms with Crippen LogP contribution in [0.5, 0.6) is 0 Å². The molecule has 1 aromatic carbocycles. The van der Waals surface area contributed by atoms with Crippen LogP contribution in [0.2, 0.25) is 0 Å². The Balaban J connectivity index is 0.000000477. The molecule has 0 unspecified atom stereocenters. The highest BCUT2D eigenvalue weighted by Gasteiger charge is 2.01. The number of hydrogen-bond acceptors (Lipinski definition) is 1. The van der Waals surface area contributed by atoms with Gasteiger partial charge in [-0.3, -0.25) is 0 Å². The van der Waals surface area contributed by atoms with Crippen molar-refractivity contribution in [1.82, 2.24) is 0 Å². The van der Waals surface area contributed by atoms with Gasteiger partial charge < -0.3 is 4.74 Å². The number of rotatable bonds is 10. The maximum Gasteiger partial charge on any atom is 0.0468 e. The molecule has 0 atom stereocenters. The molecule has 0 aliphatic carbocycles. The summed E-state index contributed by atoms with van der Waals surface area (Å²) >= 11 is 0. The lowest BCUT2D eigenvalue weighted by atomic mass is 9.97. The molecule has 146 valence electrons. The lowest BCUT2D eigenvalue weighted by Crippen LogP contribution is -2.02. The maximum atomic E-state index is 5.46. The summed E-state index contributed by atoms with van der Waals surface area (Å²) in [5, 5.41) is 0. The van der Waals surface area contributed by atoms with Gasteiger partial charge >= 0.3 is 0 Å². The SMILES string of the molecule is CC(C)CCOCCC(C)C.CC(C)Cc1cccc(CC(C)C)c1. The van der Waals surface area contributed by atoms with Gasteiger partial charge in [-0.05, 0) is 60.5 Å². The fraction of sp³-hybridized carbons (Fsp3) is 0.750. The minimum absolute atomic E-state index is 0.754. The first-order valence-electron chi connectivity index (χ1n) is 10.4. The molecule has 0 radical (unpaired) electrons. The van der Waals surface area contributed by atoms with Gasteiger partial charge in [0, 0.05) is 13.2 Å². The van der Waals surface area contributed by atoms with Crippen molar-refractivity contribution in [2.45, 2.75) is 81.1 Å². The molecule has 0 fully saturated rings. The molecule has 0 saturated carbocycles. The molecule has 0 amide bonds. The number of benzene rings is 1. The second kappa shape index (κ2) is 14.4. The Morgan fingerprint density at radius 1 is 0.640 bits per heavy atom. The highest BCUT2D eigenvalue weighted by Crippen LogP contribution is 2.13. The lowest BCUT2D eigenvalue weighted by molar-refractivity contribution is 0.114. The molecule has 1 rings (SSSR count). The zero-order valence-electron chi connectivity index (χ0n) is 18.3. The molecule has 0 N–H and O–H groups in total. The molecule has 0 heterocycles. The number of hydrogen-bond donors (Lipinski definition) is 0. The van der Waals surface area contributed by atoms with E-state index in [1.165, 1.54) is 36.8 Å². The highest BCUT2D eigenvalue weighted by molar-refractivity contribution is 5.24. The third-order valence-electron chi connectivity index (χ3n) is 3.96. The van der Waals surface area contributed by atoms with Crippen LogP contribution in [0.3, 0.4) is 0 Å². The summed E-state index contributed by atoms with van der Waals surface area (Å²) in [7, 11) is 0. The molecule has 0 aromatic heterocycles. The number of ether oxygens (including phenoxy) is 1. The summed E-state index contributed by atoms with van der Waals surface area (Å²) in [6.45, 7) is 19.9. The minimum atomic E-state index is 0.754. The largest absolute Gasteiger partial charge is 0.381 e. The van der Waals surface area contributed by atoms with E-state index in [2.05, 4.69) is 79.7 Å².